The van der Waals surface area contributed by atoms with Gasteiger partial charge in [-0.25, -0.2) is 4.98 Å². The highest BCUT2D eigenvalue weighted by molar-refractivity contribution is 7.09. The van der Waals surface area contributed by atoms with Crippen LogP contribution in [0.5, 0.6) is 0 Å². The van der Waals surface area contributed by atoms with E-state index in [2.05, 4.69) is 10.3 Å². The molecule has 0 fully saturated rings. The highest BCUT2D eigenvalue weighted by Crippen LogP contribution is 2.13. The van der Waals surface area contributed by atoms with Gasteiger partial charge in [0.05, 0.1) is 6.54 Å². The summed E-state index contributed by atoms with van der Waals surface area (Å²) in [5.41, 5.74) is 1.68. The van der Waals surface area contributed by atoms with Crippen LogP contribution in [-0.2, 0) is 6.54 Å². The number of nitrogens with zero attached hydrogens (tertiary/aromatic N) is 2. The van der Waals surface area contributed by atoms with Crippen molar-refractivity contribution in [2.45, 2.75) is 6.54 Å². The fourth-order valence-electron chi connectivity index (χ4n) is 1.51. The molecular formula is C13H15N3OS. The van der Waals surface area contributed by atoms with E-state index in [0.717, 1.165) is 10.7 Å². The van der Waals surface area contributed by atoms with Gasteiger partial charge >= 0.3 is 0 Å². The minimum atomic E-state index is 0.0153. The monoisotopic (exact) mass is 261 g/mol. The molecule has 0 aliphatic rings. The summed E-state index contributed by atoms with van der Waals surface area (Å²) in [4.78, 5) is 17.5. The van der Waals surface area contributed by atoms with Gasteiger partial charge in [-0.2, -0.15) is 0 Å². The summed E-state index contributed by atoms with van der Waals surface area (Å²) in [5, 5.41) is 6.26. The van der Waals surface area contributed by atoms with Crippen LogP contribution in [0.3, 0.4) is 0 Å². The van der Waals surface area contributed by atoms with Crippen molar-refractivity contribution in [3.05, 3.63) is 46.4 Å². The summed E-state index contributed by atoms with van der Waals surface area (Å²) in [6.45, 7) is 0.707. The first-order valence-electron chi connectivity index (χ1n) is 5.61. The van der Waals surface area contributed by atoms with Crippen LogP contribution < -0.4 is 5.32 Å². The maximum atomic E-state index is 11.7. The van der Waals surface area contributed by atoms with E-state index in [4.69, 9.17) is 0 Å². The first-order valence-corrected chi connectivity index (χ1v) is 6.49. The number of aromatic nitrogens is 1. The van der Waals surface area contributed by atoms with E-state index in [1.807, 2.05) is 29.6 Å². The first-order chi connectivity index (χ1) is 8.66. The number of amides is 1. The van der Waals surface area contributed by atoms with Crippen LogP contribution in [0.25, 0.3) is 0 Å². The predicted octanol–water partition coefficient (Wildman–Crippen LogP) is 2.46. The molecule has 18 heavy (non-hydrogen) atoms. The number of hydrogen-bond acceptors (Lipinski definition) is 4. The molecule has 1 heterocycles. The Bertz CT molecular complexity index is 506. The molecule has 0 atom stereocenters. The molecule has 0 unspecified atom stereocenters. The Morgan fingerprint density at radius 3 is 2.61 bits per heavy atom. The van der Waals surface area contributed by atoms with Gasteiger partial charge in [0.25, 0.3) is 5.91 Å². The fraction of sp³-hybridized carbons (Fsp3) is 0.231. The summed E-state index contributed by atoms with van der Waals surface area (Å²) in [6.07, 6.45) is 1.79. The fourth-order valence-corrected chi connectivity index (χ4v) is 2.06. The van der Waals surface area contributed by atoms with Gasteiger partial charge in [0.1, 0.15) is 5.01 Å². The number of thiazole rings is 1. The molecule has 2 aromatic rings. The second-order valence-corrected chi connectivity index (χ2v) is 5.04. The van der Waals surface area contributed by atoms with Crippen molar-refractivity contribution >= 4 is 22.9 Å². The Morgan fingerprint density at radius 1 is 1.33 bits per heavy atom. The van der Waals surface area contributed by atoms with Crippen molar-refractivity contribution < 1.29 is 4.79 Å². The lowest BCUT2D eigenvalue weighted by Gasteiger charge is -2.11. The number of carbonyl (C=O) groups excluding carboxylic acids is 1. The SMILES string of the molecule is CN(C)C(=O)c1ccc(NCc2nccs2)cc1. The zero-order valence-electron chi connectivity index (χ0n) is 10.4. The molecule has 0 spiro atoms. The number of rotatable bonds is 4. The normalized spacial score (nSPS) is 10.1. The number of hydrogen-bond donors (Lipinski definition) is 1. The van der Waals surface area contributed by atoms with E-state index in [-0.39, 0.29) is 5.91 Å². The molecule has 94 valence electrons. The largest absolute Gasteiger partial charge is 0.379 e. The summed E-state index contributed by atoms with van der Waals surface area (Å²) < 4.78 is 0. The standard InChI is InChI=1S/C13H15N3OS/c1-16(2)13(17)10-3-5-11(6-4-10)15-9-12-14-7-8-18-12/h3-8,15H,9H2,1-2H3. The van der Waals surface area contributed by atoms with Crippen molar-refractivity contribution in [2.24, 2.45) is 0 Å². The number of nitrogens with one attached hydrogen (secondary N) is 1. The zero-order chi connectivity index (χ0) is 13.0. The Morgan fingerprint density at radius 2 is 2.06 bits per heavy atom. The maximum absolute atomic E-state index is 11.7. The van der Waals surface area contributed by atoms with Crippen LogP contribution in [-0.4, -0.2) is 29.9 Å². The van der Waals surface area contributed by atoms with Crippen molar-refractivity contribution in [1.29, 1.82) is 0 Å². The number of anilines is 1. The van der Waals surface area contributed by atoms with Crippen molar-refractivity contribution in [3.63, 3.8) is 0 Å². The van der Waals surface area contributed by atoms with E-state index in [1.165, 1.54) is 0 Å². The predicted molar refractivity (Wildman–Crippen MR) is 73.9 cm³/mol. The van der Waals surface area contributed by atoms with Gasteiger partial charge in [-0.3, -0.25) is 4.79 Å². The Kier molecular flexibility index (Phi) is 3.94. The Labute approximate surface area is 110 Å². The molecule has 5 heteroatoms. The third-order valence-corrected chi connectivity index (χ3v) is 3.24. The third-order valence-electron chi connectivity index (χ3n) is 2.47. The van der Waals surface area contributed by atoms with Gasteiger partial charge in [0, 0.05) is 36.9 Å². The van der Waals surface area contributed by atoms with E-state index in [1.54, 1.807) is 36.5 Å². The topological polar surface area (TPSA) is 45.2 Å². The van der Waals surface area contributed by atoms with Crippen LogP contribution in [0.2, 0.25) is 0 Å². The molecule has 1 aromatic carbocycles. The van der Waals surface area contributed by atoms with Gasteiger partial charge in [0.2, 0.25) is 0 Å². The molecule has 1 amide bonds. The lowest BCUT2D eigenvalue weighted by atomic mass is 10.2. The molecule has 0 bridgehead atoms. The van der Waals surface area contributed by atoms with Gasteiger partial charge in [-0.1, -0.05) is 0 Å². The summed E-state index contributed by atoms with van der Waals surface area (Å²) in [7, 11) is 3.49. The van der Waals surface area contributed by atoms with Crippen LogP contribution in [0.1, 0.15) is 15.4 Å². The van der Waals surface area contributed by atoms with Crippen LogP contribution >= 0.6 is 11.3 Å². The Hall–Kier alpha value is -1.88. The number of carbonyl (C=O) groups is 1. The highest BCUT2D eigenvalue weighted by Gasteiger charge is 2.06. The second-order valence-electron chi connectivity index (χ2n) is 4.06. The molecular weight excluding hydrogens is 246 g/mol. The Balaban J connectivity index is 1.97. The quantitative estimate of drug-likeness (QED) is 0.919. The lowest BCUT2D eigenvalue weighted by molar-refractivity contribution is 0.0827. The van der Waals surface area contributed by atoms with E-state index in [0.29, 0.717) is 12.1 Å². The van der Waals surface area contributed by atoms with Gasteiger partial charge in [0.15, 0.2) is 0 Å². The molecule has 1 N–H and O–H groups in total. The molecule has 0 saturated heterocycles. The van der Waals surface area contributed by atoms with Crippen molar-refractivity contribution in [1.82, 2.24) is 9.88 Å². The van der Waals surface area contributed by atoms with Gasteiger partial charge in [-0.05, 0) is 24.3 Å². The maximum Gasteiger partial charge on any atom is 0.253 e. The smallest absolute Gasteiger partial charge is 0.253 e. The van der Waals surface area contributed by atoms with E-state index in [9.17, 15) is 4.79 Å². The minimum absolute atomic E-state index is 0.0153. The molecule has 0 aliphatic carbocycles. The van der Waals surface area contributed by atoms with Crippen molar-refractivity contribution in [3.8, 4) is 0 Å². The van der Waals surface area contributed by atoms with Crippen molar-refractivity contribution in [2.75, 3.05) is 19.4 Å². The zero-order valence-corrected chi connectivity index (χ0v) is 11.2. The summed E-state index contributed by atoms with van der Waals surface area (Å²) >= 11 is 1.62. The highest BCUT2D eigenvalue weighted by atomic mass is 32.1. The van der Waals surface area contributed by atoms with E-state index >= 15 is 0 Å². The first kappa shape index (κ1) is 12.6. The summed E-state index contributed by atoms with van der Waals surface area (Å²) in [6, 6.07) is 7.47. The average molecular weight is 261 g/mol. The van der Waals surface area contributed by atoms with Crippen LogP contribution in [0, 0.1) is 0 Å². The minimum Gasteiger partial charge on any atom is -0.379 e. The average Bonchev–Trinajstić information content (AvgIpc) is 2.89. The van der Waals surface area contributed by atoms with Crippen LogP contribution in [0.15, 0.2) is 35.8 Å². The molecule has 1 aromatic heterocycles. The molecule has 0 aliphatic heterocycles. The molecule has 0 saturated carbocycles. The molecule has 2 rings (SSSR count). The van der Waals surface area contributed by atoms with Crippen LogP contribution in [0.4, 0.5) is 5.69 Å². The molecule has 4 nitrogen and oxygen atoms in total. The number of benzene rings is 1. The van der Waals surface area contributed by atoms with E-state index < -0.39 is 0 Å². The van der Waals surface area contributed by atoms with Gasteiger partial charge in [-0.15, -0.1) is 11.3 Å². The third kappa shape index (κ3) is 3.07. The molecule has 0 radical (unpaired) electrons. The second kappa shape index (κ2) is 5.64. The lowest BCUT2D eigenvalue weighted by Crippen LogP contribution is -2.21. The van der Waals surface area contributed by atoms with Gasteiger partial charge < -0.3 is 10.2 Å². The summed E-state index contributed by atoms with van der Waals surface area (Å²) in [5.74, 6) is 0.0153.